The molecule has 1 unspecified atom stereocenters. The average Bonchev–Trinajstić information content (AvgIpc) is 3.22. The molecule has 2 aromatic heterocycles. The molecule has 5 rings (SSSR count). The van der Waals surface area contributed by atoms with Crippen LogP contribution in [0.25, 0.3) is 32.9 Å². The third-order valence-electron chi connectivity index (χ3n) is 6.09. The van der Waals surface area contributed by atoms with E-state index in [1.165, 1.54) is 20.3 Å². The lowest BCUT2D eigenvalue weighted by molar-refractivity contribution is -0.145. The Balaban J connectivity index is 1.93. The minimum atomic E-state index is -1.40. The fourth-order valence-corrected chi connectivity index (χ4v) is 4.59. The maximum atomic E-state index is 13.2. The number of carbonyl (C=O) groups is 2. The Morgan fingerprint density at radius 2 is 1.76 bits per heavy atom. The summed E-state index contributed by atoms with van der Waals surface area (Å²) >= 11 is 0. The van der Waals surface area contributed by atoms with Crippen LogP contribution in [0.15, 0.2) is 49.4 Å². The molecule has 192 valence electrons. The van der Waals surface area contributed by atoms with E-state index in [1.807, 2.05) is 27.7 Å². The van der Waals surface area contributed by atoms with Crippen molar-refractivity contribution in [3.63, 3.8) is 0 Å². The number of rotatable bonds is 3. The van der Waals surface area contributed by atoms with Crippen molar-refractivity contribution in [1.82, 2.24) is 5.32 Å². The van der Waals surface area contributed by atoms with Crippen molar-refractivity contribution in [2.45, 2.75) is 39.2 Å². The van der Waals surface area contributed by atoms with Gasteiger partial charge < -0.3 is 33.5 Å². The first-order chi connectivity index (χ1) is 17.4. The van der Waals surface area contributed by atoms with Gasteiger partial charge in [0.1, 0.15) is 28.0 Å². The first-order valence-electron chi connectivity index (χ1n) is 11.5. The summed E-state index contributed by atoms with van der Waals surface area (Å²) in [6.45, 7) is 7.37. The van der Waals surface area contributed by atoms with Crippen LogP contribution < -0.4 is 15.7 Å². The monoisotopic (exact) mass is 507 g/mol. The molecule has 37 heavy (non-hydrogen) atoms. The Morgan fingerprint density at radius 3 is 2.41 bits per heavy atom. The van der Waals surface area contributed by atoms with Crippen molar-refractivity contribution in [3.05, 3.63) is 57.3 Å². The number of furan rings is 1. The van der Waals surface area contributed by atoms with Crippen molar-refractivity contribution >= 4 is 44.8 Å². The molecule has 0 bridgehead atoms. The van der Waals surface area contributed by atoms with Gasteiger partial charge in [-0.3, -0.25) is 4.79 Å². The molecule has 0 fully saturated rings. The Bertz CT molecular complexity index is 1720. The number of aromatic hydroxyl groups is 1. The van der Waals surface area contributed by atoms with Gasteiger partial charge in [0.15, 0.2) is 17.1 Å². The molecular weight excluding hydrogens is 482 g/mol. The molecule has 0 aliphatic carbocycles. The molecule has 1 atom stereocenters. The number of ether oxygens (including phenoxy) is 3. The van der Waals surface area contributed by atoms with Crippen molar-refractivity contribution in [3.8, 4) is 11.5 Å². The van der Waals surface area contributed by atoms with Gasteiger partial charge in [0.05, 0.1) is 25.2 Å². The number of phenols is 1. The summed E-state index contributed by atoms with van der Waals surface area (Å²) in [4.78, 5) is 39.2. The minimum absolute atomic E-state index is 0.0260. The number of hydrogen-bond acceptors (Lipinski definition) is 10. The predicted octanol–water partition coefficient (Wildman–Crippen LogP) is 4.13. The van der Waals surface area contributed by atoms with E-state index >= 15 is 0 Å². The third-order valence-corrected chi connectivity index (χ3v) is 6.09. The molecular formula is C27H25NO9. The Hall–Kier alpha value is -4.47. The maximum Gasteiger partial charge on any atom is 0.348 e. The number of esters is 2. The molecule has 4 aromatic rings. The first kappa shape index (κ1) is 24.2. The van der Waals surface area contributed by atoms with Crippen LogP contribution in [0.2, 0.25) is 0 Å². The van der Waals surface area contributed by atoms with Gasteiger partial charge in [-0.1, -0.05) is 11.6 Å². The lowest BCUT2D eigenvalue weighted by atomic mass is 9.86. The predicted molar refractivity (Wildman–Crippen MR) is 133 cm³/mol. The largest absolute Gasteiger partial charge is 0.504 e. The van der Waals surface area contributed by atoms with E-state index in [4.69, 9.17) is 23.0 Å². The number of benzene rings is 2. The molecule has 0 spiro atoms. The van der Waals surface area contributed by atoms with Gasteiger partial charge in [-0.05, 0) is 45.9 Å². The number of phenolic OH excluding ortho intramolecular Hbond substituents is 1. The SMILES string of the molecule is COC(=O)C1=C(NC(C)(C)C)Oc2c(O)cc3c(oc4c5cc(C)ccc5oc(=O)c34)c2C1C(=O)OC. The topological polar surface area (TPSA) is 137 Å². The number of hydrogen-bond donors (Lipinski definition) is 2. The van der Waals surface area contributed by atoms with Gasteiger partial charge in [0, 0.05) is 10.9 Å². The zero-order chi connectivity index (χ0) is 26.8. The second-order valence-electron chi connectivity index (χ2n) is 9.88. The van der Waals surface area contributed by atoms with Gasteiger partial charge in [-0.25, -0.2) is 9.59 Å². The number of carbonyl (C=O) groups excluding carboxylic acids is 2. The summed E-state index contributed by atoms with van der Waals surface area (Å²) in [6, 6.07) is 6.57. The average molecular weight is 507 g/mol. The molecule has 0 radical (unpaired) electrons. The van der Waals surface area contributed by atoms with Crippen LogP contribution in [0.4, 0.5) is 0 Å². The van der Waals surface area contributed by atoms with Crippen molar-refractivity contribution in [2.75, 3.05) is 14.2 Å². The fourth-order valence-electron chi connectivity index (χ4n) is 4.59. The molecule has 1 aliphatic heterocycles. The first-order valence-corrected chi connectivity index (χ1v) is 11.5. The lowest BCUT2D eigenvalue weighted by Gasteiger charge is -2.32. The molecule has 10 heteroatoms. The van der Waals surface area contributed by atoms with E-state index in [2.05, 4.69) is 5.32 Å². The van der Waals surface area contributed by atoms with Crippen LogP contribution in [0.5, 0.6) is 11.5 Å². The number of nitrogens with one attached hydrogen (secondary N) is 1. The molecule has 0 saturated heterocycles. The van der Waals surface area contributed by atoms with Gasteiger partial charge in [0.2, 0.25) is 5.88 Å². The van der Waals surface area contributed by atoms with Crippen LogP contribution in [-0.2, 0) is 19.1 Å². The van der Waals surface area contributed by atoms with Crippen molar-refractivity contribution in [1.29, 1.82) is 0 Å². The van der Waals surface area contributed by atoms with Gasteiger partial charge in [0.25, 0.3) is 0 Å². The minimum Gasteiger partial charge on any atom is -0.504 e. The Labute approximate surface area is 210 Å². The summed E-state index contributed by atoms with van der Waals surface area (Å²) in [6.07, 6.45) is 0. The van der Waals surface area contributed by atoms with Crippen LogP contribution >= 0.6 is 0 Å². The highest BCUT2D eigenvalue weighted by atomic mass is 16.5. The highest BCUT2D eigenvalue weighted by molar-refractivity contribution is 6.15. The summed E-state index contributed by atoms with van der Waals surface area (Å²) < 4.78 is 27.8. The molecule has 2 N–H and O–H groups in total. The van der Waals surface area contributed by atoms with Crippen LogP contribution in [0.1, 0.15) is 37.8 Å². The summed E-state index contributed by atoms with van der Waals surface area (Å²) in [5.74, 6) is -3.64. The Kier molecular flexibility index (Phi) is 5.43. The second kappa shape index (κ2) is 8.29. The summed E-state index contributed by atoms with van der Waals surface area (Å²) in [7, 11) is 2.35. The molecule has 1 aliphatic rings. The van der Waals surface area contributed by atoms with E-state index in [1.54, 1.807) is 18.2 Å². The van der Waals surface area contributed by atoms with Gasteiger partial charge in [-0.2, -0.15) is 0 Å². The molecule has 3 heterocycles. The van der Waals surface area contributed by atoms with Crippen molar-refractivity contribution < 1.29 is 37.7 Å². The second-order valence-corrected chi connectivity index (χ2v) is 9.88. The van der Waals surface area contributed by atoms with E-state index in [0.717, 1.165) is 5.56 Å². The zero-order valence-electron chi connectivity index (χ0n) is 21.1. The summed E-state index contributed by atoms with van der Waals surface area (Å²) in [5, 5.41) is 14.9. The molecule has 2 aromatic carbocycles. The van der Waals surface area contributed by atoms with E-state index in [9.17, 15) is 19.5 Å². The Morgan fingerprint density at radius 1 is 1.03 bits per heavy atom. The lowest BCUT2D eigenvalue weighted by Crippen LogP contribution is -2.41. The van der Waals surface area contributed by atoms with Crippen LogP contribution in [0, 0.1) is 6.92 Å². The fraction of sp³-hybridized carbons (Fsp3) is 0.296. The maximum absolute atomic E-state index is 13.2. The standard InChI is InChI=1S/C27H25NO9/c1-11-7-8-15-12(9-11)20-16(26(32)35-15)13-10-14(29)22-18(21(13)36-20)17(24(30)33-5)19(25(31)34-6)23(37-22)28-27(2,3)4/h7-10,17,28-29H,1-6H3. The molecule has 0 saturated carbocycles. The van der Waals surface area contributed by atoms with E-state index in [0.29, 0.717) is 11.0 Å². The van der Waals surface area contributed by atoms with Crippen LogP contribution in [0.3, 0.4) is 0 Å². The van der Waals surface area contributed by atoms with Crippen molar-refractivity contribution in [2.24, 2.45) is 0 Å². The quantitative estimate of drug-likeness (QED) is 0.307. The highest BCUT2D eigenvalue weighted by Crippen LogP contribution is 2.50. The highest BCUT2D eigenvalue weighted by Gasteiger charge is 2.45. The zero-order valence-corrected chi connectivity index (χ0v) is 21.1. The number of methoxy groups -OCH3 is 2. The molecule has 0 amide bonds. The van der Waals surface area contributed by atoms with Gasteiger partial charge in [-0.15, -0.1) is 0 Å². The normalized spacial score (nSPS) is 15.6. The van der Waals surface area contributed by atoms with E-state index < -0.39 is 29.0 Å². The van der Waals surface area contributed by atoms with Crippen LogP contribution in [-0.4, -0.2) is 36.8 Å². The van der Waals surface area contributed by atoms with E-state index in [-0.39, 0.29) is 50.5 Å². The number of aryl methyl sites for hydroxylation is 1. The smallest absolute Gasteiger partial charge is 0.348 e. The third kappa shape index (κ3) is 3.76. The number of fused-ring (bicyclic) bond motifs is 7. The summed E-state index contributed by atoms with van der Waals surface area (Å²) in [5.41, 5.74) is 0.0657. The van der Waals surface area contributed by atoms with Gasteiger partial charge >= 0.3 is 17.6 Å². The molecule has 10 nitrogen and oxygen atoms in total.